The van der Waals surface area contributed by atoms with Gasteiger partial charge in [0, 0.05) is 18.5 Å². The van der Waals surface area contributed by atoms with Crippen molar-refractivity contribution in [2.75, 3.05) is 11.9 Å². The van der Waals surface area contributed by atoms with Gasteiger partial charge in [0.05, 0.1) is 16.2 Å². The van der Waals surface area contributed by atoms with Crippen molar-refractivity contribution in [3.05, 3.63) is 33.9 Å². The van der Waals surface area contributed by atoms with Gasteiger partial charge in [0.2, 0.25) is 5.91 Å². The third-order valence-corrected chi connectivity index (χ3v) is 2.82. The van der Waals surface area contributed by atoms with Crippen molar-refractivity contribution in [3.8, 4) is 0 Å². The number of hydrogen-bond acceptors (Lipinski definition) is 4. The first kappa shape index (κ1) is 15.1. The molecule has 0 saturated heterocycles. The summed E-state index contributed by atoms with van der Waals surface area (Å²) in [4.78, 5) is 22.2. The normalized spacial score (nSPS) is 11.9. The van der Waals surface area contributed by atoms with Crippen LogP contribution in [0.3, 0.4) is 0 Å². The van der Waals surface area contributed by atoms with Crippen molar-refractivity contribution in [2.24, 2.45) is 0 Å². The number of amides is 1. The Kier molecular flexibility index (Phi) is 5.44. The van der Waals surface area contributed by atoms with E-state index in [1.165, 1.54) is 6.07 Å². The molecule has 0 spiro atoms. The second-order valence-corrected chi connectivity index (χ2v) is 4.42. The minimum absolute atomic E-state index is 0.0116. The van der Waals surface area contributed by atoms with Gasteiger partial charge in [-0.25, -0.2) is 0 Å². The predicted octanol–water partition coefficient (Wildman–Crippen LogP) is 2.23. The minimum Gasteiger partial charge on any atom is -0.326 e. The second-order valence-electron chi connectivity index (χ2n) is 4.42. The van der Waals surface area contributed by atoms with Gasteiger partial charge in [-0.2, -0.15) is 0 Å². The van der Waals surface area contributed by atoms with Gasteiger partial charge >= 0.3 is 0 Å². The van der Waals surface area contributed by atoms with Gasteiger partial charge in [-0.3, -0.25) is 14.9 Å². The summed E-state index contributed by atoms with van der Waals surface area (Å²) in [5.74, 6) is -0.156. The summed E-state index contributed by atoms with van der Waals surface area (Å²) in [6.45, 7) is 6.31. The maximum absolute atomic E-state index is 11.8. The first-order valence-electron chi connectivity index (χ1n) is 6.23. The van der Waals surface area contributed by atoms with Gasteiger partial charge in [0.25, 0.3) is 5.69 Å². The smallest absolute Gasteiger partial charge is 0.274 e. The van der Waals surface area contributed by atoms with Gasteiger partial charge in [-0.15, -0.1) is 0 Å². The minimum atomic E-state index is -0.452. The number of nitro groups is 1. The predicted molar refractivity (Wildman–Crippen MR) is 74.2 cm³/mol. The number of carbonyl (C=O) groups is 1. The van der Waals surface area contributed by atoms with Crippen LogP contribution in [0.4, 0.5) is 11.4 Å². The maximum Gasteiger partial charge on any atom is 0.274 e. The molecule has 6 heteroatoms. The highest BCUT2D eigenvalue weighted by Crippen LogP contribution is 2.25. The van der Waals surface area contributed by atoms with E-state index in [-0.39, 0.29) is 17.6 Å². The van der Waals surface area contributed by atoms with E-state index in [2.05, 4.69) is 10.6 Å². The van der Waals surface area contributed by atoms with Crippen molar-refractivity contribution < 1.29 is 9.72 Å². The second kappa shape index (κ2) is 6.84. The summed E-state index contributed by atoms with van der Waals surface area (Å²) < 4.78 is 0. The fraction of sp³-hybridized carbons (Fsp3) is 0.462. The summed E-state index contributed by atoms with van der Waals surface area (Å²) in [6.07, 6.45) is 0.329. The lowest BCUT2D eigenvalue weighted by molar-refractivity contribution is -0.385. The first-order chi connectivity index (χ1) is 8.95. The van der Waals surface area contributed by atoms with E-state index in [4.69, 9.17) is 0 Å². The summed E-state index contributed by atoms with van der Waals surface area (Å²) in [7, 11) is 0. The van der Waals surface area contributed by atoms with Crippen LogP contribution in [0.2, 0.25) is 0 Å². The van der Waals surface area contributed by atoms with Gasteiger partial charge in [-0.05, 0) is 26.5 Å². The highest BCUT2D eigenvalue weighted by atomic mass is 16.6. The lowest BCUT2D eigenvalue weighted by Gasteiger charge is -2.13. The molecule has 6 nitrogen and oxygen atoms in total. The number of anilines is 1. The molecule has 1 atom stereocenters. The number of nitrogens with zero attached hydrogens (tertiary/aromatic N) is 1. The zero-order valence-corrected chi connectivity index (χ0v) is 11.4. The molecule has 19 heavy (non-hydrogen) atoms. The Balaban J connectivity index is 2.75. The molecule has 0 saturated carbocycles. The molecule has 1 amide bonds. The van der Waals surface area contributed by atoms with Crippen LogP contribution in [0.25, 0.3) is 0 Å². The number of benzene rings is 1. The zero-order chi connectivity index (χ0) is 14.4. The molecular weight excluding hydrogens is 246 g/mol. The largest absolute Gasteiger partial charge is 0.326 e. The summed E-state index contributed by atoms with van der Waals surface area (Å²) in [5.41, 5.74) is 0.970. The fourth-order valence-corrected chi connectivity index (χ4v) is 1.86. The molecule has 1 aromatic rings. The summed E-state index contributed by atoms with van der Waals surface area (Å²) in [6, 6.07) is 4.72. The molecule has 0 radical (unpaired) electrons. The number of nitrogens with one attached hydrogen (secondary N) is 2. The van der Waals surface area contributed by atoms with Crippen LogP contribution in [0.5, 0.6) is 0 Å². The number of nitro benzene ring substituents is 1. The van der Waals surface area contributed by atoms with E-state index < -0.39 is 4.92 Å². The SMILES string of the molecule is CCNC(C)CC(=O)Nc1cccc([N+](=O)[O-])c1C. The molecule has 1 unspecified atom stereocenters. The Bertz CT molecular complexity index is 474. The average Bonchev–Trinajstić information content (AvgIpc) is 2.31. The molecular formula is C13H19N3O3. The fourth-order valence-electron chi connectivity index (χ4n) is 1.86. The number of rotatable bonds is 6. The van der Waals surface area contributed by atoms with E-state index in [1.807, 2.05) is 13.8 Å². The maximum atomic E-state index is 11.8. The molecule has 0 aromatic heterocycles. The molecule has 2 N–H and O–H groups in total. The molecule has 0 aliphatic carbocycles. The van der Waals surface area contributed by atoms with Gasteiger partial charge in [-0.1, -0.05) is 13.0 Å². The summed E-state index contributed by atoms with van der Waals surface area (Å²) >= 11 is 0. The average molecular weight is 265 g/mol. The highest BCUT2D eigenvalue weighted by Gasteiger charge is 2.15. The van der Waals surface area contributed by atoms with Crippen molar-refractivity contribution in [3.63, 3.8) is 0 Å². The standard InChI is InChI=1S/C13H19N3O3/c1-4-14-9(2)8-13(17)15-11-6-5-7-12(10(11)3)16(18)19/h5-7,9,14H,4,8H2,1-3H3,(H,15,17). The zero-order valence-electron chi connectivity index (χ0n) is 11.4. The van der Waals surface area contributed by atoms with Crippen LogP contribution in [-0.2, 0) is 4.79 Å². The molecule has 0 aliphatic heterocycles. The molecule has 0 fully saturated rings. The van der Waals surface area contributed by atoms with Crippen molar-refractivity contribution in [1.82, 2.24) is 5.32 Å². The Morgan fingerprint density at radius 1 is 1.47 bits per heavy atom. The lowest BCUT2D eigenvalue weighted by Crippen LogP contribution is -2.30. The van der Waals surface area contributed by atoms with Crippen LogP contribution in [0.1, 0.15) is 25.8 Å². The highest BCUT2D eigenvalue weighted by molar-refractivity contribution is 5.92. The van der Waals surface area contributed by atoms with Crippen molar-refractivity contribution in [2.45, 2.75) is 33.2 Å². The Labute approximate surface area is 112 Å². The molecule has 0 heterocycles. The molecule has 0 bridgehead atoms. The third kappa shape index (κ3) is 4.33. The van der Waals surface area contributed by atoms with E-state index in [9.17, 15) is 14.9 Å². The van der Waals surface area contributed by atoms with Gasteiger partial charge < -0.3 is 10.6 Å². The van der Waals surface area contributed by atoms with Gasteiger partial charge in [0.1, 0.15) is 0 Å². The van der Waals surface area contributed by atoms with Crippen LogP contribution < -0.4 is 10.6 Å². The first-order valence-corrected chi connectivity index (χ1v) is 6.23. The van der Waals surface area contributed by atoms with Crippen molar-refractivity contribution >= 4 is 17.3 Å². The molecule has 1 aromatic carbocycles. The quantitative estimate of drug-likeness (QED) is 0.610. The van der Waals surface area contributed by atoms with Crippen LogP contribution in [0.15, 0.2) is 18.2 Å². The Morgan fingerprint density at radius 2 is 2.16 bits per heavy atom. The van der Waals surface area contributed by atoms with Crippen molar-refractivity contribution in [1.29, 1.82) is 0 Å². The summed E-state index contributed by atoms with van der Waals surface area (Å²) in [5, 5.41) is 16.7. The monoisotopic (exact) mass is 265 g/mol. The topological polar surface area (TPSA) is 84.3 Å². The van der Waals surface area contributed by atoms with E-state index >= 15 is 0 Å². The lowest BCUT2D eigenvalue weighted by atomic mass is 10.1. The number of carbonyl (C=O) groups excluding carboxylic acids is 1. The van der Waals surface area contributed by atoms with Crippen LogP contribution in [-0.4, -0.2) is 23.4 Å². The Morgan fingerprint density at radius 3 is 2.74 bits per heavy atom. The van der Waals surface area contributed by atoms with E-state index in [0.29, 0.717) is 17.7 Å². The van der Waals surface area contributed by atoms with Crippen LogP contribution >= 0.6 is 0 Å². The van der Waals surface area contributed by atoms with E-state index in [0.717, 1.165) is 6.54 Å². The van der Waals surface area contributed by atoms with Gasteiger partial charge in [0.15, 0.2) is 0 Å². The molecule has 0 aliphatic rings. The number of hydrogen-bond donors (Lipinski definition) is 2. The molecule has 104 valence electrons. The van der Waals surface area contributed by atoms with E-state index in [1.54, 1.807) is 19.1 Å². The molecule has 1 rings (SSSR count). The van der Waals surface area contributed by atoms with Crippen LogP contribution in [0, 0.1) is 17.0 Å². The third-order valence-electron chi connectivity index (χ3n) is 2.82. The Hall–Kier alpha value is -1.95.